The largest absolute Gasteiger partial charge is 0.456 e. The van der Waals surface area contributed by atoms with E-state index in [0.717, 1.165) is 82.5 Å². The molecule has 0 unspecified atom stereocenters. The Bertz CT molecular complexity index is 3330. The molecule has 6 heteroatoms. The van der Waals surface area contributed by atoms with Crippen LogP contribution in [0, 0.1) is 0 Å². The predicted molar refractivity (Wildman–Crippen MR) is 211 cm³/mol. The number of hydrogen-bond acceptors (Lipinski definition) is 4. The second kappa shape index (κ2) is 10.2. The molecule has 0 N–H and O–H groups in total. The maximum Gasteiger partial charge on any atom is 0.197 e. The number of hydrogen-bond donors (Lipinski definition) is 0. The van der Waals surface area contributed by atoms with Crippen LogP contribution in [0.3, 0.4) is 0 Å². The van der Waals surface area contributed by atoms with Crippen molar-refractivity contribution in [1.29, 1.82) is 0 Å². The second-order valence-corrected chi connectivity index (χ2v) is 13.3. The smallest absolute Gasteiger partial charge is 0.197 e. The highest BCUT2D eigenvalue weighted by Crippen LogP contribution is 2.44. The topological polar surface area (TPSA) is 61.9 Å². The summed E-state index contributed by atoms with van der Waals surface area (Å²) < 4.78 is 17.8. The van der Waals surface area contributed by atoms with Gasteiger partial charge < -0.3 is 13.4 Å². The standard InChI is InChI=1S/C46H26N4O2/c1-7-19-33-27(13-1)28-14-2-8-20-34(28)49(33)37-25-26-40-41(31-17-5-11-23-38(31)51-40)42(37)45-47-43-32-18-6-12-24-39(32)52-44(43)46(48-45)50-35-21-9-3-15-29(35)30-16-4-10-22-36(30)50/h1-26H. The molecule has 12 rings (SSSR count). The Balaban J connectivity index is 1.30. The van der Waals surface area contributed by atoms with Gasteiger partial charge in [0.25, 0.3) is 0 Å². The lowest BCUT2D eigenvalue weighted by Crippen LogP contribution is -2.04. The first-order valence-corrected chi connectivity index (χ1v) is 17.4. The van der Waals surface area contributed by atoms with Gasteiger partial charge in [-0.15, -0.1) is 0 Å². The lowest BCUT2D eigenvalue weighted by molar-refractivity contribution is 0.662. The van der Waals surface area contributed by atoms with Crippen molar-refractivity contribution in [3.05, 3.63) is 158 Å². The van der Waals surface area contributed by atoms with E-state index in [-0.39, 0.29) is 0 Å². The Labute approximate surface area is 295 Å². The summed E-state index contributed by atoms with van der Waals surface area (Å²) in [6.45, 7) is 0. The van der Waals surface area contributed by atoms with Crippen molar-refractivity contribution in [1.82, 2.24) is 19.1 Å². The first-order chi connectivity index (χ1) is 25.8. The van der Waals surface area contributed by atoms with Crippen LogP contribution >= 0.6 is 0 Å². The van der Waals surface area contributed by atoms with E-state index >= 15 is 0 Å². The molecule has 6 nitrogen and oxygen atoms in total. The zero-order chi connectivity index (χ0) is 33.9. The van der Waals surface area contributed by atoms with Gasteiger partial charge in [0.1, 0.15) is 22.3 Å². The molecule has 0 bridgehead atoms. The van der Waals surface area contributed by atoms with Gasteiger partial charge in [0.2, 0.25) is 0 Å². The Morgan fingerprint density at radius 3 is 1.46 bits per heavy atom. The molecule has 52 heavy (non-hydrogen) atoms. The number of nitrogens with zero attached hydrogens (tertiary/aromatic N) is 4. The SMILES string of the molecule is c1ccc2c(c1)oc1c(-n3c4ccccc4c4ccccc43)nc(-c3c(-n4c5ccccc5c5ccccc54)ccc4oc5ccccc5c34)nc12. The van der Waals surface area contributed by atoms with Gasteiger partial charge in [0.05, 0.1) is 33.3 Å². The molecule has 0 aliphatic heterocycles. The lowest BCUT2D eigenvalue weighted by atomic mass is 10.0. The van der Waals surface area contributed by atoms with Crippen LogP contribution in [0.2, 0.25) is 0 Å². The third-order valence-corrected chi connectivity index (χ3v) is 10.6. The molecule has 0 fully saturated rings. The molecule has 242 valence electrons. The second-order valence-electron chi connectivity index (χ2n) is 13.3. The minimum atomic E-state index is 0.588. The number of rotatable bonds is 3. The van der Waals surface area contributed by atoms with E-state index in [1.165, 1.54) is 10.8 Å². The van der Waals surface area contributed by atoms with Crippen LogP contribution in [0.15, 0.2) is 167 Å². The lowest BCUT2D eigenvalue weighted by Gasteiger charge is -2.16. The Morgan fingerprint density at radius 1 is 0.385 bits per heavy atom. The molecule has 0 atom stereocenters. The quantitative estimate of drug-likeness (QED) is 0.188. The zero-order valence-corrected chi connectivity index (χ0v) is 27.6. The predicted octanol–water partition coefficient (Wildman–Crippen LogP) is 12.1. The number of fused-ring (bicyclic) bond motifs is 12. The van der Waals surface area contributed by atoms with Gasteiger partial charge in [-0.05, 0) is 54.6 Å². The molecule has 7 aromatic carbocycles. The van der Waals surface area contributed by atoms with Gasteiger partial charge in [-0.1, -0.05) is 103 Å². The fourth-order valence-corrected chi connectivity index (χ4v) is 8.39. The normalized spacial score (nSPS) is 12.2. The molecule has 0 aliphatic carbocycles. The summed E-state index contributed by atoms with van der Waals surface area (Å²) in [7, 11) is 0. The van der Waals surface area contributed by atoms with Crippen molar-refractivity contribution in [2.45, 2.75) is 0 Å². The van der Waals surface area contributed by atoms with Crippen molar-refractivity contribution >= 4 is 87.6 Å². The van der Waals surface area contributed by atoms with E-state index < -0.39 is 0 Å². The third-order valence-electron chi connectivity index (χ3n) is 10.6. The number of furan rings is 2. The van der Waals surface area contributed by atoms with Crippen LogP contribution in [-0.4, -0.2) is 19.1 Å². The van der Waals surface area contributed by atoms with Crippen molar-refractivity contribution in [2.24, 2.45) is 0 Å². The van der Waals surface area contributed by atoms with Gasteiger partial charge in [-0.25, -0.2) is 9.97 Å². The van der Waals surface area contributed by atoms with Crippen molar-refractivity contribution < 1.29 is 8.83 Å². The first kappa shape index (κ1) is 27.6. The van der Waals surface area contributed by atoms with Crippen LogP contribution in [0.25, 0.3) is 111 Å². The number of aromatic nitrogens is 4. The van der Waals surface area contributed by atoms with Gasteiger partial charge in [-0.3, -0.25) is 4.57 Å². The first-order valence-electron chi connectivity index (χ1n) is 17.4. The highest BCUT2D eigenvalue weighted by atomic mass is 16.3. The Hall–Kier alpha value is -7.18. The zero-order valence-electron chi connectivity index (χ0n) is 27.6. The molecular weight excluding hydrogens is 641 g/mol. The van der Waals surface area contributed by atoms with E-state index in [9.17, 15) is 0 Å². The number of benzene rings is 7. The minimum Gasteiger partial charge on any atom is -0.456 e. The van der Waals surface area contributed by atoms with E-state index in [4.69, 9.17) is 18.8 Å². The number of para-hydroxylation sites is 6. The average molecular weight is 667 g/mol. The molecule has 0 spiro atoms. The third kappa shape index (κ3) is 3.62. The summed E-state index contributed by atoms with van der Waals surface area (Å²) in [4.78, 5) is 11.0. The van der Waals surface area contributed by atoms with E-state index in [0.29, 0.717) is 17.2 Å². The maximum atomic E-state index is 6.69. The molecule has 0 amide bonds. The van der Waals surface area contributed by atoms with Gasteiger partial charge in [0, 0.05) is 37.7 Å². The molecule has 0 saturated heterocycles. The molecule has 5 aromatic heterocycles. The summed E-state index contributed by atoms with van der Waals surface area (Å²) in [5.41, 5.74) is 9.92. The highest BCUT2D eigenvalue weighted by molar-refractivity contribution is 6.17. The minimum absolute atomic E-state index is 0.588. The summed E-state index contributed by atoms with van der Waals surface area (Å²) >= 11 is 0. The van der Waals surface area contributed by atoms with Crippen LogP contribution in [0.4, 0.5) is 0 Å². The average Bonchev–Trinajstić information content (AvgIpc) is 3.95. The fraction of sp³-hybridized carbons (Fsp3) is 0. The van der Waals surface area contributed by atoms with Crippen molar-refractivity contribution in [2.75, 3.05) is 0 Å². The molecule has 0 radical (unpaired) electrons. The Kier molecular flexibility index (Phi) is 5.41. The van der Waals surface area contributed by atoms with Gasteiger partial charge >= 0.3 is 0 Å². The van der Waals surface area contributed by atoms with Crippen LogP contribution in [0.1, 0.15) is 0 Å². The van der Waals surface area contributed by atoms with Crippen LogP contribution < -0.4 is 0 Å². The van der Waals surface area contributed by atoms with Gasteiger partial charge in [-0.2, -0.15) is 0 Å². The van der Waals surface area contributed by atoms with E-state index in [1.807, 2.05) is 30.3 Å². The van der Waals surface area contributed by atoms with Crippen LogP contribution in [0.5, 0.6) is 0 Å². The molecule has 0 saturated carbocycles. The monoisotopic (exact) mass is 666 g/mol. The van der Waals surface area contributed by atoms with Crippen molar-refractivity contribution in [3.63, 3.8) is 0 Å². The Morgan fingerprint density at radius 2 is 0.865 bits per heavy atom. The van der Waals surface area contributed by atoms with Gasteiger partial charge in [0.15, 0.2) is 17.2 Å². The molecule has 5 heterocycles. The van der Waals surface area contributed by atoms with Crippen molar-refractivity contribution in [3.8, 4) is 22.9 Å². The maximum absolute atomic E-state index is 6.69. The fourth-order valence-electron chi connectivity index (χ4n) is 8.39. The molecule has 12 aromatic rings. The summed E-state index contributed by atoms with van der Waals surface area (Å²) in [5.74, 6) is 1.27. The summed E-state index contributed by atoms with van der Waals surface area (Å²) in [5, 5.41) is 7.58. The highest BCUT2D eigenvalue weighted by Gasteiger charge is 2.26. The van der Waals surface area contributed by atoms with Crippen LogP contribution in [-0.2, 0) is 0 Å². The summed E-state index contributed by atoms with van der Waals surface area (Å²) in [6, 6.07) is 54.7. The molecular formula is C46H26N4O2. The van der Waals surface area contributed by atoms with E-state index in [1.54, 1.807) is 0 Å². The summed E-state index contributed by atoms with van der Waals surface area (Å²) in [6.07, 6.45) is 0. The van der Waals surface area contributed by atoms with E-state index in [2.05, 4.69) is 137 Å². The molecule has 0 aliphatic rings.